The molecule has 3 atom stereocenters. The van der Waals surface area contributed by atoms with Gasteiger partial charge in [0.25, 0.3) is 5.91 Å². The van der Waals surface area contributed by atoms with E-state index in [2.05, 4.69) is 24.1 Å². The Bertz CT molecular complexity index is 591. The number of carbonyl (C=O) groups excluding carboxylic acids is 1. The minimum Gasteiger partial charge on any atom is -0.476 e. The summed E-state index contributed by atoms with van der Waals surface area (Å²) >= 11 is 0. The minimum absolute atomic E-state index is 0.0146. The van der Waals surface area contributed by atoms with Crippen LogP contribution in [0.4, 0.5) is 5.82 Å². The first-order chi connectivity index (χ1) is 10.9. The van der Waals surface area contributed by atoms with Crippen molar-refractivity contribution in [1.82, 2.24) is 10.3 Å². The first kappa shape index (κ1) is 17.2. The summed E-state index contributed by atoms with van der Waals surface area (Å²) in [5, 5.41) is 14.0. The van der Waals surface area contributed by atoms with Crippen LogP contribution in [-0.4, -0.2) is 28.5 Å². The molecule has 1 fully saturated rings. The lowest BCUT2D eigenvalue weighted by Crippen LogP contribution is -2.45. The standard InChI is InChI=1S/C16H23N3O4/c1-10-5-4-6-13(12(10)3)18-15(20)9-23-14-8-7-11(2)17-16(14)19(21)22/h7-8,10,12-13H,4-6,9H2,1-3H3,(H,18,20)/t10-,12+,13+/m0/s1. The number of nitro groups is 1. The van der Waals surface area contributed by atoms with Gasteiger partial charge in [0.15, 0.2) is 6.61 Å². The van der Waals surface area contributed by atoms with E-state index in [-0.39, 0.29) is 30.1 Å². The van der Waals surface area contributed by atoms with Crippen LogP contribution in [0.15, 0.2) is 12.1 Å². The molecule has 1 aliphatic rings. The molecule has 1 amide bonds. The van der Waals surface area contributed by atoms with E-state index < -0.39 is 4.92 Å². The molecule has 0 saturated heterocycles. The quantitative estimate of drug-likeness (QED) is 0.664. The Hall–Kier alpha value is -2.18. The van der Waals surface area contributed by atoms with E-state index in [0.29, 0.717) is 17.5 Å². The van der Waals surface area contributed by atoms with Crippen LogP contribution in [0.3, 0.4) is 0 Å². The van der Waals surface area contributed by atoms with Gasteiger partial charge in [-0.3, -0.25) is 4.79 Å². The molecule has 7 heteroatoms. The monoisotopic (exact) mass is 321 g/mol. The number of pyridine rings is 1. The molecule has 1 heterocycles. The van der Waals surface area contributed by atoms with E-state index in [1.54, 1.807) is 13.0 Å². The first-order valence-electron chi connectivity index (χ1n) is 7.92. The molecule has 1 N–H and O–H groups in total. The molecule has 0 unspecified atom stereocenters. The van der Waals surface area contributed by atoms with Crippen molar-refractivity contribution in [3.8, 4) is 5.75 Å². The summed E-state index contributed by atoms with van der Waals surface area (Å²) in [6.45, 7) is 5.75. The molecule has 1 saturated carbocycles. The number of carbonyl (C=O) groups is 1. The number of hydrogen-bond acceptors (Lipinski definition) is 5. The summed E-state index contributed by atoms with van der Waals surface area (Å²) in [6, 6.07) is 3.23. The zero-order valence-electron chi connectivity index (χ0n) is 13.7. The van der Waals surface area contributed by atoms with Gasteiger partial charge >= 0.3 is 5.82 Å². The van der Waals surface area contributed by atoms with Crippen molar-refractivity contribution < 1.29 is 14.5 Å². The van der Waals surface area contributed by atoms with Gasteiger partial charge in [-0.25, -0.2) is 0 Å². The van der Waals surface area contributed by atoms with Crippen LogP contribution in [0.5, 0.6) is 5.75 Å². The number of hydrogen-bond donors (Lipinski definition) is 1. The number of nitrogens with zero attached hydrogens (tertiary/aromatic N) is 2. The normalized spacial score (nSPS) is 24.0. The van der Waals surface area contributed by atoms with E-state index in [9.17, 15) is 14.9 Å². The second-order valence-corrected chi connectivity index (χ2v) is 6.26. The van der Waals surface area contributed by atoms with Gasteiger partial charge in [-0.05, 0) is 40.3 Å². The van der Waals surface area contributed by atoms with Crippen LogP contribution in [0.25, 0.3) is 0 Å². The van der Waals surface area contributed by atoms with E-state index >= 15 is 0 Å². The molecule has 1 aromatic heterocycles. The smallest absolute Gasteiger partial charge is 0.406 e. The van der Waals surface area contributed by atoms with Crippen molar-refractivity contribution in [1.29, 1.82) is 0 Å². The number of amides is 1. The molecule has 1 aromatic rings. The zero-order chi connectivity index (χ0) is 17.0. The zero-order valence-corrected chi connectivity index (χ0v) is 13.7. The van der Waals surface area contributed by atoms with Crippen LogP contribution < -0.4 is 10.1 Å². The summed E-state index contributed by atoms with van der Waals surface area (Å²) in [7, 11) is 0. The maximum atomic E-state index is 12.1. The molecule has 2 rings (SSSR count). The second-order valence-electron chi connectivity index (χ2n) is 6.26. The van der Waals surface area contributed by atoms with Crippen molar-refractivity contribution in [2.24, 2.45) is 11.8 Å². The Kier molecular flexibility index (Phi) is 5.52. The van der Waals surface area contributed by atoms with Crippen molar-refractivity contribution in [2.45, 2.75) is 46.1 Å². The number of aryl methyl sites for hydroxylation is 1. The average molecular weight is 321 g/mol. The highest BCUT2D eigenvalue weighted by molar-refractivity contribution is 5.78. The van der Waals surface area contributed by atoms with Crippen molar-refractivity contribution in [3.63, 3.8) is 0 Å². The van der Waals surface area contributed by atoms with E-state index in [4.69, 9.17) is 4.74 Å². The summed E-state index contributed by atoms with van der Waals surface area (Å²) in [6.07, 6.45) is 3.25. The van der Waals surface area contributed by atoms with Gasteiger partial charge in [0.1, 0.15) is 5.69 Å². The lowest BCUT2D eigenvalue weighted by atomic mass is 9.78. The van der Waals surface area contributed by atoms with Gasteiger partial charge in [0, 0.05) is 13.0 Å². The summed E-state index contributed by atoms with van der Waals surface area (Å²) < 4.78 is 5.30. The predicted octanol–water partition coefficient (Wildman–Crippen LogP) is 2.62. The average Bonchev–Trinajstić information content (AvgIpc) is 2.50. The summed E-state index contributed by atoms with van der Waals surface area (Å²) in [5.41, 5.74) is 0.526. The Labute approximate surface area is 135 Å². The third-order valence-corrected chi connectivity index (χ3v) is 4.56. The summed E-state index contributed by atoms with van der Waals surface area (Å²) in [4.78, 5) is 26.3. The van der Waals surface area contributed by atoms with Crippen molar-refractivity contribution in [3.05, 3.63) is 27.9 Å². The highest BCUT2D eigenvalue weighted by Gasteiger charge is 2.28. The first-order valence-corrected chi connectivity index (χ1v) is 7.92. The van der Waals surface area contributed by atoms with Crippen LogP contribution >= 0.6 is 0 Å². The third kappa shape index (κ3) is 4.40. The van der Waals surface area contributed by atoms with Crippen LogP contribution in [-0.2, 0) is 4.79 Å². The fraction of sp³-hybridized carbons (Fsp3) is 0.625. The van der Waals surface area contributed by atoms with Gasteiger partial charge in [0.2, 0.25) is 5.75 Å². The molecule has 23 heavy (non-hydrogen) atoms. The molecule has 1 aliphatic carbocycles. The predicted molar refractivity (Wildman–Crippen MR) is 85.2 cm³/mol. The second kappa shape index (κ2) is 7.39. The fourth-order valence-electron chi connectivity index (χ4n) is 2.95. The number of nitrogens with one attached hydrogen (secondary N) is 1. The SMILES string of the molecule is Cc1ccc(OCC(=O)N[C@@H]2CCC[C@H](C)[C@H]2C)c([N+](=O)[O-])n1. The third-order valence-electron chi connectivity index (χ3n) is 4.56. The lowest BCUT2D eigenvalue weighted by molar-refractivity contribution is -0.390. The number of rotatable bonds is 5. The number of ether oxygens (including phenoxy) is 1. The molecular formula is C16H23N3O4. The largest absolute Gasteiger partial charge is 0.476 e. The van der Waals surface area contributed by atoms with Crippen LogP contribution in [0, 0.1) is 28.9 Å². The molecule has 0 spiro atoms. The minimum atomic E-state index is -0.606. The molecular weight excluding hydrogens is 298 g/mol. The molecule has 0 aromatic carbocycles. The van der Waals surface area contributed by atoms with Crippen LogP contribution in [0.1, 0.15) is 38.8 Å². The molecule has 7 nitrogen and oxygen atoms in total. The maximum Gasteiger partial charge on any atom is 0.406 e. The lowest BCUT2D eigenvalue weighted by Gasteiger charge is -2.34. The topological polar surface area (TPSA) is 94.4 Å². The Morgan fingerprint density at radius 2 is 2.17 bits per heavy atom. The van der Waals surface area contributed by atoms with Crippen molar-refractivity contribution in [2.75, 3.05) is 6.61 Å². The van der Waals surface area contributed by atoms with Gasteiger partial charge in [-0.2, -0.15) is 0 Å². The fourth-order valence-corrected chi connectivity index (χ4v) is 2.95. The van der Waals surface area contributed by atoms with Gasteiger partial charge in [0.05, 0.1) is 0 Å². The Morgan fingerprint density at radius 3 is 2.87 bits per heavy atom. The Morgan fingerprint density at radius 1 is 1.43 bits per heavy atom. The van der Waals surface area contributed by atoms with Crippen LogP contribution in [0.2, 0.25) is 0 Å². The maximum absolute atomic E-state index is 12.1. The van der Waals surface area contributed by atoms with E-state index in [1.165, 1.54) is 12.5 Å². The van der Waals surface area contributed by atoms with Gasteiger partial charge in [-0.15, -0.1) is 0 Å². The molecule has 126 valence electrons. The van der Waals surface area contributed by atoms with E-state index in [1.807, 2.05) is 0 Å². The van der Waals surface area contributed by atoms with E-state index in [0.717, 1.165) is 12.8 Å². The molecule has 0 bridgehead atoms. The van der Waals surface area contributed by atoms with Crippen molar-refractivity contribution >= 4 is 11.7 Å². The van der Waals surface area contributed by atoms with Gasteiger partial charge < -0.3 is 20.2 Å². The summed E-state index contributed by atoms with van der Waals surface area (Å²) in [5.74, 6) is 0.393. The highest BCUT2D eigenvalue weighted by atomic mass is 16.6. The highest BCUT2D eigenvalue weighted by Crippen LogP contribution is 2.29. The number of aromatic nitrogens is 1. The molecule has 0 aliphatic heterocycles. The Balaban J connectivity index is 1.93. The van der Waals surface area contributed by atoms with Gasteiger partial charge in [-0.1, -0.05) is 26.7 Å². The molecule has 0 radical (unpaired) electrons.